The number of aromatic nitrogens is 3. The Kier molecular flexibility index (Phi) is 3.84. The van der Waals surface area contributed by atoms with E-state index in [1.165, 1.54) is 0 Å². The molecule has 0 saturated carbocycles. The highest BCUT2D eigenvalue weighted by Crippen LogP contribution is 2.03. The topological polar surface area (TPSA) is 57.0 Å². The number of ether oxygens (including phenoxy) is 1. The van der Waals surface area contributed by atoms with Crippen molar-refractivity contribution in [3.63, 3.8) is 0 Å². The van der Waals surface area contributed by atoms with Crippen LogP contribution in [0.3, 0.4) is 0 Å². The van der Waals surface area contributed by atoms with E-state index >= 15 is 0 Å². The fourth-order valence-corrected chi connectivity index (χ4v) is 1.68. The highest BCUT2D eigenvalue weighted by Gasteiger charge is 2.02. The number of nitrogens with zero attached hydrogens (tertiary/aromatic N) is 3. The Hall–Kier alpha value is -2.01. The van der Waals surface area contributed by atoms with Crippen LogP contribution in [-0.2, 0) is 11.3 Å². The molecule has 0 aliphatic carbocycles. The van der Waals surface area contributed by atoms with Gasteiger partial charge in [0, 0.05) is 19.9 Å². The number of pyridine rings is 1. The van der Waals surface area contributed by atoms with Crippen molar-refractivity contribution < 1.29 is 4.74 Å². The zero-order valence-electron chi connectivity index (χ0n) is 10.5. The molecule has 0 radical (unpaired) electrons. The van der Waals surface area contributed by atoms with E-state index in [9.17, 15) is 4.79 Å². The van der Waals surface area contributed by atoms with E-state index in [0.29, 0.717) is 24.1 Å². The number of allylic oxidation sites excluding steroid dienone is 1. The van der Waals surface area contributed by atoms with Crippen molar-refractivity contribution in [2.75, 3.05) is 13.7 Å². The van der Waals surface area contributed by atoms with Gasteiger partial charge in [0.1, 0.15) is 0 Å². The monoisotopic (exact) mass is 245 g/mol. The average molecular weight is 245 g/mol. The molecule has 5 nitrogen and oxygen atoms in total. The Balaban J connectivity index is 2.33. The molecule has 0 bridgehead atoms. The zero-order chi connectivity index (χ0) is 13.0. The second kappa shape index (κ2) is 5.55. The summed E-state index contributed by atoms with van der Waals surface area (Å²) in [6, 6.07) is 1.69. The van der Waals surface area contributed by atoms with E-state index < -0.39 is 0 Å². The van der Waals surface area contributed by atoms with Gasteiger partial charge in [-0.3, -0.25) is 14.3 Å². The molecule has 2 rings (SSSR count). The van der Waals surface area contributed by atoms with Crippen LogP contribution < -0.4 is 5.56 Å². The minimum Gasteiger partial charge on any atom is -0.380 e. The van der Waals surface area contributed by atoms with E-state index in [1.54, 1.807) is 36.5 Å². The lowest BCUT2D eigenvalue weighted by Gasteiger charge is -2.04. The zero-order valence-corrected chi connectivity index (χ0v) is 10.5. The maximum atomic E-state index is 12.1. The molecule has 0 spiro atoms. The Labute approximate surface area is 105 Å². The summed E-state index contributed by atoms with van der Waals surface area (Å²) in [6.07, 6.45) is 6.69. The standard InChI is InChI=1S/C13H15N3O2/c1-10(8-18-2)4-6-16-9-15-12-7-14-5-3-11(12)13(16)17/h3-5,7,9H,6,8H2,1-2H3/b10-4+. The lowest BCUT2D eigenvalue weighted by Crippen LogP contribution is -2.20. The van der Waals surface area contributed by atoms with Crippen molar-refractivity contribution in [2.24, 2.45) is 0 Å². The van der Waals surface area contributed by atoms with Gasteiger partial charge in [-0.1, -0.05) is 11.6 Å². The van der Waals surface area contributed by atoms with Crippen LogP contribution in [0.5, 0.6) is 0 Å². The molecule has 2 aromatic rings. The van der Waals surface area contributed by atoms with E-state index in [1.807, 2.05) is 13.0 Å². The molecule has 0 aromatic carbocycles. The highest BCUT2D eigenvalue weighted by molar-refractivity contribution is 5.75. The minimum absolute atomic E-state index is 0.0520. The average Bonchev–Trinajstić information content (AvgIpc) is 2.39. The fourth-order valence-electron chi connectivity index (χ4n) is 1.68. The first-order valence-electron chi connectivity index (χ1n) is 5.66. The van der Waals surface area contributed by atoms with Crippen molar-refractivity contribution in [3.8, 4) is 0 Å². The highest BCUT2D eigenvalue weighted by atomic mass is 16.5. The maximum absolute atomic E-state index is 12.1. The molecular formula is C13H15N3O2. The fraction of sp³-hybridized carbons (Fsp3) is 0.308. The van der Waals surface area contributed by atoms with E-state index in [4.69, 9.17) is 4.74 Å². The van der Waals surface area contributed by atoms with Gasteiger partial charge in [-0.05, 0) is 13.0 Å². The van der Waals surface area contributed by atoms with Crippen molar-refractivity contribution in [1.29, 1.82) is 0 Å². The van der Waals surface area contributed by atoms with Crippen LogP contribution in [0.4, 0.5) is 0 Å². The summed E-state index contributed by atoms with van der Waals surface area (Å²) in [7, 11) is 1.65. The number of methoxy groups -OCH3 is 1. The summed E-state index contributed by atoms with van der Waals surface area (Å²) in [4.78, 5) is 20.3. The largest absolute Gasteiger partial charge is 0.380 e. The summed E-state index contributed by atoms with van der Waals surface area (Å²) >= 11 is 0. The van der Waals surface area contributed by atoms with Crippen LogP contribution in [0.1, 0.15) is 6.92 Å². The number of fused-ring (bicyclic) bond motifs is 1. The van der Waals surface area contributed by atoms with Crippen LogP contribution in [0.15, 0.2) is 41.2 Å². The first-order valence-corrected chi connectivity index (χ1v) is 5.66. The van der Waals surface area contributed by atoms with Gasteiger partial charge in [-0.2, -0.15) is 0 Å². The van der Waals surface area contributed by atoms with Gasteiger partial charge in [-0.15, -0.1) is 0 Å². The number of hydrogen-bond donors (Lipinski definition) is 0. The maximum Gasteiger partial charge on any atom is 0.261 e. The van der Waals surface area contributed by atoms with Gasteiger partial charge in [0.05, 0.1) is 30.0 Å². The van der Waals surface area contributed by atoms with E-state index in [2.05, 4.69) is 9.97 Å². The van der Waals surface area contributed by atoms with Crippen LogP contribution in [0.25, 0.3) is 10.9 Å². The van der Waals surface area contributed by atoms with Gasteiger partial charge in [0.25, 0.3) is 5.56 Å². The predicted molar refractivity (Wildman–Crippen MR) is 69.4 cm³/mol. The Morgan fingerprint density at radius 3 is 3.17 bits per heavy atom. The molecular weight excluding hydrogens is 230 g/mol. The molecule has 2 aromatic heterocycles. The first kappa shape index (κ1) is 12.4. The third kappa shape index (κ3) is 2.62. The van der Waals surface area contributed by atoms with E-state index in [-0.39, 0.29) is 5.56 Å². The molecule has 0 atom stereocenters. The van der Waals surface area contributed by atoms with Gasteiger partial charge in [0.2, 0.25) is 0 Å². The van der Waals surface area contributed by atoms with Crippen molar-refractivity contribution in [2.45, 2.75) is 13.5 Å². The number of rotatable bonds is 4. The molecule has 18 heavy (non-hydrogen) atoms. The van der Waals surface area contributed by atoms with Crippen LogP contribution in [0, 0.1) is 0 Å². The van der Waals surface area contributed by atoms with Crippen LogP contribution in [0.2, 0.25) is 0 Å². The van der Waals surface area contributed by atoms with Gasteiger partial charge >= 0.3 is 0 Å². The summed E-state index contributed by atoms with van der Waals surface area (Å²) in [5.74, 6) is 0. The molecule has 0 fully saturated rings. The van der Waals surface area contributed by atoms with Crippen molar-refractivity contribution >= 4 is 10.9 Å². The first-order chi connectivity index (χ1) is 8.72. The second-order valence-electron chi connectivity index (χ2n) is 4.08. The van der Waals surface area contributed by atoms with Crippen molar-refractivity contribution in [1.82, 2.24) is 14.5 Å². The van der Waals surface area contributed by atoms with Gasteiger partial charge in [-0.25, -0.2) is 4.98 Å². The summed E-state index contributed by atoms with van der Waals surface area (Å²) in [5, 5.41) is 0.588. The summed E-state index contributed by atoms with van der Waals surface area (Å²) in [6.45, 7) is 3.03. The molecule has 0 amide bonds. The quantitative estimate of drug-likeness (QED) is 0.764. The molecule has 0 saturated heterocycles. The molecule has 0 unspecified atom stereocenters. The molecule has 0 aliphatic rings. The predicted octanol–water partition coefficient (Wildman–Crippen LogP) is 1.38. The molecule has 0 aliphatic heterocycles. The third-order valence-corrected chi connectivity index (χ3v) is 2.64. The summed E-state index contributed by atoms with van der Waals surface area (Å²) < 4.78 is 6.58. The molecule has 5 heteroatoms. The second-order valence-corrected chi connectivity index (χ2v) is 4.08. The van der Waals surface area contributed by atoms with E-state index in [0.717, 1.165) is 5.57 Å². The smallest absolute Gasteiger partial charge is 0.261 e. The number of hydrogen-bond acceptors (Lipinski definition) is 4. The van der Waals surface area contributed by atoms with Crippen molar-refractivity contribution in [3.05, 3.63) is 46.8 Å². The molecule has 2 heterocycles. The SMILES string of the molecule is COC/C(C)=C/Cn1cnc2cnccc2c1=O. The Bertz CT molecular complexity index is 631. The summed E-state index contributed by atoms with van der Waals surface area (Å²) in [5.41, 5.74) is 1.65. The lowest BCUT2D eigenvalue weighted by atomic mass is 10.3. The minimum atomic E-state index is -0.0520. The third-order valence-electron chi connectivity index (χ3n) is 2.64. The van der Waals surface area contributed by atoms with Gasteiger partial charge in [0.15, 0.2) is 0 Å². The molecule has 94 valence electrons. The Morgan fingerprint density at radius 2 is 2.39 bits per heavy atom. The van der Waals surface area contributed by atoms with Gasteiger partial charge < -0.3 is 4.74 Å². The Morgan fingerprint density at radius 1 is 1.56 bits per heavy atom. The van der Waals surface area contributed by atoms with Crippen LogP contribution in [-0.4, -0.2) is 28.3 Å². The van der Waals surface area contributed by atoms with Crippen LogP contribution >= 0.6 is 0 Å². The normalized spacial score (nSPS) is 12.0. The lowest BCUT2D eigenvalue weighted by molar-refractivity contribution is 0.225. The molecule has 0 N–H and O–H groups in total.